The molecule has 1 saturated carbocycles. The van der Waals surface area contributed by atoms with Gasteiger partial charge in [0.2, 0.25) is 0 Å². The van der Waals surface area contributed by atoms with Crippen molar-refractivity contribution in [3.8, 4) is 0 Å². The van der Waals surface area contributed by atoms with Crippen LogP contribution in [0.15, 0.2) is 11.6 Å². The molecule has 1 heterocycles. The van der Waals surface area contributed by atoms with Crippen LogP contribution in [0.1, 0.15) is 60.3 Å². The molecule has 0 aromatic carbocycles. The molecule has 0 spiro atoms. The molecule has 9 unspecified atom stereocenters. The Hall–Kier alpha value is -1.48. The summed E-state index contributed by atoms with van der Waals surface area (Å²) in [7, 11) is 0. The van der Waals surface area contributed by atoms with Gasteiger partial charge in [-0.2, -0.15) is 0 Å². The van der Waals surface area contributed by atoms with E-state index < -0.39 is 64.8 Å². The van der Waals surface area contributed by atoms with Crippen LogP contribution in [0.4, 0.5) is 0 Å². The average molecular weight is 427 g/mol. The van der Waals surface area contributed by atoms with Gasteiger partial charge in [-0.05, 0) is 52.5 Å². The number of aliphatic hydroxyl groups is 4. The summed E-state index contributed by atoms with van der Waals surface area (Å²) in [6.07, 6.45) is -1.73. The summed E-state index contributed by atoms with van der Waals surface area (Å²) >= 11 is 0. The zero-order valence-electron chi connectivity index (χ0n) is 18.3. The minimum absolute atomic E-state index is 0.178. The third-order valence-corrected chi connectivity index (χ3v) is 7.75. The summed E-state index contributed by atoms with van der Waals surface area (Å²) in [6.45, 7) is 7.69. The Morgan fingerprint density at radius 3 is 2.40 bits per heavy atom. The Bertz CT molecular complexity index is 745. The van der Waals surface area contributed by atoms with E-state index in [0.717, 1.165) is 5.57 Å². The molecule has 3 rings (SSSR count). The van der Waals surface area contributed by atoms with Crippen LogP contribution in [0.2, 0.25) is 0 Å². The Labute approximate surface area is 176 Å². The molecule has 0 bridgehead atoms. The topological polar surface area (TPSA) is 134 Å². The van der Waals surface area contributed by atoms with Gasteiger partial charge < -0.3 is 29.9 Å². The Balaban J connectivity index is 2.30. The number of aliphatic hydroxyl groups excluding tert-OH is 2. The Kier molecular flexibility index (Phi) is 5.86. The standard InChI is InChI=1S/C22H34O8/c1-11-6-7-14(24)21(5)15(25)8-9-20(4,27)17(21)18(29-13(3)23)22(28)12(2)19(26)30-16(22)10-11/h10,12,14-18,24-25,27-28H,6-9H2,1-5H3. The zero-order chi connectivity index (χ0) is 22.6. The fourth-order valence-corrected chi connectivity index (χ4v) is 5.81. The lowest BCUT2D eigenvalue weighted by atomic mass is 9.52. The summed E-state index contributed by atoms with van der Waals surface area (Å²) in [5.41, 5.74) is -3.97. The maximum atomic E-state index is 12.5. The van der Waals surface area contributed by atoms with Crippen LogP contribution in [-0.4, -0.2) is 68.0 Å². The van der Waals surface area contributed by atoms with Crippen molar-refractivity contribution >= 4 is 11.9 Å². The maximum Gasteiger partial charge on any atom is 0.312 e. The molecule has 2 aliphatic carbocycles. The highest BCUT2D eigenvalue weighted by atomic mass is 16.6. The van der Waals surface area contributed by atoms with Crippen molar-refractivity contribution in [2.45, 2.75) is 95.9 Å². The van der Waals surface area contributed by atoms with Gasteiger partial charge in [-0.3, -0.25) is 9.59 Å². The number of hydrogen-bond acceptors (Lipinski definition) is 8. The SMILES string of the molecule is CC(=O)OC1C2C(C)(O)CCC(O)C2(C)C(O)CCC(C)=CC2OC(=O)C(C)C21O. The predicted octanol–water partition coefficient (Wildman–Crippen LogP) is 0.840. The second-order valence-electron chi connectivity index (χ2n) is 9.82. The number of carbonyl (C=O) groups excluding carboxylic acids is 2. The lowest BCUT2D eigenvalue weighted by Crippen LogP contribution is -2.70. The molecule has 0 aromatic rings. The minimum Gasteiger partial charge on any atom is -0.459 e. The first-order chi connectivity index (χ1) is 13.8. The lowest BCUT2D eigenvalue weighted by Gasteiger charge is -2.58. The predicted molar refractivity (Wildman–Crippen MR) is 106 cm³/mol. The van der Waals surface area contributed by atoms with Crippen LogP contribution in [-0.2, 0) is 19.1 Å². The summed E-state index contributed by atoms with van der Waals surface area (Å²) in [5, 5.41) is 45.5. The van der Waals surface area contributed by atoms with Crippen molar-refractivity contribution < 1.29 is 39.5 Å². The van der Waals surface area contributed by atoms with Gasteiger partial charge in [-0.1, -0.05) is 12.5 Å². The van der Waals surface area contributed by atoms with E-state index >= 15 is 0 Å². The second-order valence-corrected chi connectivity index (χ2v) is 9.82. The Morgan fingerprint density at radius 2 is 1.80 bits per heavy atom. The van der Waals surface area contributed by atoms with E-state index in [1.54, 1.807) is 26.8 Å². The number of ether oxygens (including phenoxy) is 2. The average Bonchev–Trinajstić information content (AvgIpc) is 2.85. The fourth-order valence-electron chi connectivity index (χ4n) is 5.81. The first-order valence-electron chi connectivity index (χ1n) is 10.6. The number of rotatable bonds is 1. The van der Waals surface area contributed by atoms with E-state index in [4.69, 9.17) is 9.47 Å². The number of esters is 2. The van der Waals surface area contributed by atoms with Crippen molar-refractivity contribution in [2.24, 2.45) is 17.3 Å². The molecule has 1 aliphatic heterocycles. The molecule has 170 valence electrons. The minimum atomic E-state index is -1.98. The highest BCUT2D eigenvalue weighted by molar-refractivity contribution is 5.77. The molecule has 0 amide bonds. The van der Waals surface area contributed by atoms with E-state index in [0.29, 0.717) is 12.8 Å². The van der Waals surface area contributed by atoms with Crippen LogP contribution in [0.5, 0.6) is 0 Å². The van der Waals surface area contributed by atoms with E-state index in [2.05, 4.69) is 0 Å². The third kappa shape index (κ3) is 3.38. The molecule has 9 atom stereocenters. The third-order valence-electron chi connectivity index (χ3n) is 7.75. The van der Waals surface area contributed by atoms with Crippen molar-refractivity contribution in [3.63, 3.8) is 0 Å². The first-order valence-corrected chi connectivity index (χ1v) is 10.6. The lowest BCUT2D eigenvalue weighted by molar-refractivity contribution is -0.261. The molecule has 2 fully saturated rings. The van der Waals surface area contributed by atoms with E-state index in [1.165, 1.54) is 13.8 Å². The van der Waals surface area contributed by atoms with Crippen LogP contribution in [0.25, 0.3) is 0 Å². The molecule has 0 aromatic heterocycles. The van der Waals surface area contributed by atoms with Crippen LogP contribution in [0.3, 0.4) is 0 Å². The largest absolute Gasteiger partial charge is 0.459 e. The molecule has 8 nitrogen and oxygen atoms in total. The summed E-state index contributed by atoms with van der Waals surface area (Å²) < 4.78 is 11.1. The smallest absolute Gasteiger partial charge is 0.312 e. The van der Waals surface area contributed by atoms with Gasteiger partial charge in [0, 0.05) is 18.3 Å². The second kappa shape index (κ2) is 7.58. The Morgan fingerprint density at radius 1 is 1.20 bits per heavy atom. The van der Waals surface area contributed by atoms with Gasteiger partial charge in [0.15, 0.2) is 11.7 Å². The van der Waals surface area contributed by atoms with E-state index in [1.807, 2.05) is 0 Å². The van der Waals surface area contributed by atoms with Crippen LogP contribution in [0, 0.1) is 17.3 Å². The summed E-state index contributed by atoms with van der Waals surface area (Å²) in [6, 6.07) is 0. The molecule has 0 radical (unpaired) electrons. The zero-order valence-corrected chi connectivity index (χ0v) is 18.3. The molecule has 4 N–H and O–H groups in total. The quantitative estimate of drug-likeness (QED) is 0.358. The highest BCUT2D eigenvalue weighted by Gasteiger charge is 2.69. The van der Waals surface area contributed by atoms with Gasteiger partial charge in [0.05, 0.1) is 23.7 Å². The number of allylic oxidation sites excluding steroid dienone is 1. The van der Waals surface area contributed by atoms with E-state index in [-0.39, 0.29) is 12.8 Å². The van der Waals surface area contributed by atoms with Gasteiger partial charge in [-0.15, -0.1) is 0 Å². The number of fused-ring (bicyclic) bond motifs is 2. The van der Waals surface area contributed by atoms with Crippen molar-refractivity contribution in [1.29, 1.82) is 0 Å². The molecule has 3 aliphatic rings. The van der Waals surface area contributed by atoms with Crippen LogP contribution < -0.4 is 0 Å². The van der Waals surface area contributed by atoms with Gasteiger partial charge in [0.25, 0.3) is 0 Å². The number of hydrogen-bond donors (Lipinski definition) is 4. The summed E-state index contributed by atoms with van der Waals surface area (Å²) in [5.74, 6) is -3.44. The highest BCUT2D eigenvalue weighted by Crippen LogP contribution is 2.56. The van der Waals surface area contributed by atoms with Crippen LogP contribution >= 0.6 is 0 Å². The normalized spacial score (nSPS) is 49.4. The van der Waals surface area contributed by atoms with Crippen molar-refractivity contribution in [1.82, 2.24) is 0 Å². The van der Waals surface area contributed by atoms with Gasteiger partial charge >= 0.3 is 11.9 Å². The monoisotopic (exact) mass is 426 g/mol. The summed E-state index contributed by atoms with van der Waals surface area (Å²) in [4.78, 5) is 24.6. The molecule has 30 heavy (non-hydrogen) atoms. The molecule has 1 saturated heterocycles. The maximum absolute atomic E-state index is 12.5. The number of carbonyl (C=O) groups is 2. The van der Waals surface area contributed by atoms with Gasteiger partial charge in [-0.25, -0.2) is 0 Å². The van der Waals surface area contributed by atoms with Gasteiger partial charge in [0.1, 0.15) is 6.10 Å². The van der Waals surface area contributed by atoms with Crippen molar-refractivity contribution in [3.05, 3.63) is 11.6 Å². The molecule has 8 heteroatoms. The fraction of sp³-hybridized carbons (Fsp3) is 0.818. The first kappa shape index (κ1) is 23.2. The molecular formula is C22H34O8. The van der Waals surface area contributed by atoms with Crippen molar-refractivity contribution in [2.75, 3.05) is 0 Å². The molecular weight excluding hydrogens is 392 g/mol. The van der Waals surface area contributed by atoms with E-state index in [9.17, 15) is 30.0 Å².